The van der Waals surface area contributed by atoms with E-state index in [4.69, 9.17) is 19.9 Å². The van der Waals surface area contributed by atoms with Gasteiger partial charge in [-0.05, 0) is 24.5 Å². The minimum Gasteiger partial charge on any atom is -0.496 e. The first-order valence-corrected chi connectivity index (χ1v) is 6.67. The van der Waals surface area contributed by atoms with Crippen molar-refractivity contribution in [2.24, 2.45) is 5.73 Å². The highest BCUT2D eigenvalue weighted by atomic mass is 16.5. The first-order valence-electron chi connectivity index (χ1n) is 6.67. The third kappa shape index (κ3) is 4.82. The third-order valence-corrected chi connectivity index (χ3v) is 3.22. The normalized spacial score (nSPS) is 11.7. The van der Waals surface area contributed by atoms with Crippen molar-refractivity contribution in [3.05, 3.63) is 17.7 Å². The Morgan fingerprint density at radius 1 is 1.05 bits per heavy atom. The molecule has 1 rings (SSSR count). The molecule has 0 heterocycles. The van der Waals surface area contributed by atoms with Crippen molar-refractivity contribution >= 4 is 5.97 Å². The molecule has 0 bridgehead atoms. The molecule has 1 aromatic carbocycles. The molecular weight excluding hydrogens is 274 g/mol. The van der Waals surface area contributed by atoms with E-state index in [0.717, 1.165) is 5.56 Å². The van der Waals surface area contributed by atoms with Gasteiger partial charge in [0, 0.05) is 18.5 Å². The van der Waals surface area contributed by atoms with Crippen LogP contribution >= 0.6 is 0 Å². The number of ether oxygens (including phenoxy) is 4. The van der Waals surface area contributed by atoms with Crippen molar-refractivity contribution in [3.8, 4) is 17.2 Å². The maximum atomic E-state index is 11.1. The van der Waals surface area contributed by atoms with Crippen molar-refractivity contribution in [2.45, 2.75) is 25.3 Å². The van der Waals surface area contributed by atoms with Crippen LogP contribution in [0.2, 0.25) is 0 Å². The molecule has 0 saturated heterocycles. The van der Waals surface area contributed by atoms with Gasteiger partial charge in [-0.3, -0.25) is 4.79 Å². The molecule has 1 unspecified atom stereocenters. The zero-order chi connectivity index (χ0) is 15.8. The van der Waals surface area contributed by atoms with Crippen LogP contribution < -0.4 is 19.9 Å². The molecule has 0 radical (unpaired) electrons. The summed E-state index contributed by atoms with van der Waals surface area (Å²) in [5.41, 5.74) is 6.97. The van der Waals surface area contributed by atoms with Crippen molar-refractivity contribution in [1.82, 2.24) is 0 Å². The highest BCUT2D eigenvalue weighted by Crippen LogP contribution is 2.35. The van der Waals surface area contributed by atoms with E-state index in [0.29, 0.717) is 36.5 Å². The Bertz CT molecular complexity index is 475. The molecule has 0 spiro atoms. The molecule has 21 heavy (non-hydrogen) atoms. The molecular formula is C15H23NO5. The number of esters is 1. The molecule has 0 aliphatic rings. The highest BCUT2D eigenvalue weighted by Gasteiger charge is 2.15. The average Bonchev–Trinajstić information content (AvgIpc) is 2.51. The summed E-state index contributed by atoms with van der Waals surface area (Å²) in [6, 6.07) is 3.44. The summed E-state index contributed by atoms with van der Waals surface area (Å²) in [5.74, 6) is 1.64. The number of rotatable bonds is 8. The molecule has 1 atom stereocenters. The van der Waals surface area contributed by atoms with Crippen molar-refractivity contribution < 1.29 is 23.7 Å². The summed E-state index contributed by atoms with van der Waals surface area (Å²) in [6.45, 7) is 0. The quantitative estimate of drug-likeness (QED) is 0.733. The van der Waals surface area contributed by atoms with Gasteiger partial charge in [-0.1, -0.05) is 0 Å². The van der Waals surface area contributed by atoms with Gasteiger partial charge in [0.1, 0.15) is 5.75 Å². The van der Waals surface area contributed by atoms with Crippen molar-refractivity contribution in [1.29, 1.82) is 0 Å². The van der Waals surface area contributed by atoms with Crippen LogP contribution in [-0.4, -0.2) is 40.5 Å². The Balaban J connectivity index is 2.83. The lowest BCUT2D eigenvalue weighted by Crippen LogP contribution is -2.24. The fourth-order valence-electron chi connectivity index (χ4n) is 2.04. The number of nitrogens with two attached hydrogens (primary N) is 1. The Kier molecular flexibility index (Phi) is 6.81. The summed E-state index contributed by atoms with van der Waals surface area (Å²) in [7, 11) is 6.10. The van der Waals surface area contributed by atoms with E-state index in [1.807, 2.05) is 6.07 Å². The molecule has 0 amide bonds. The largest absolute Gasteiger partial charge is 0.496 e. The molecule has 0 fully saturated rings. The van der Waals surface area contributed by atoms with Gasteiger partial charge < -0.3 is 24.7 Å². The van der Waals surface area contributed by atoms with Gasteiger partial charge in [0.2, 0.25) is 0 Å². The lowest BCUT2D eigenvalue weighted by atomic mass is 10.0. The number of benzene rings is 1. The van der Waals surface area contributed by atoms with Gasteiger partial charge in [0.25, 0.3) is 0 Å². The van der Waals surface area contributed by atoms with Crippen LogP contribution in [0.25, 0.3) is 0 Å². The predicted octanol–water partition coefficient (Wildman–Crippen LogP) is 1.54. The van der Waals surface area contributed by atoms with Crippen LogP contribution in [0.1, 0.15) is 18.4 Å². The second kappa shape index (κ2) is 8.36. The van der Waals surface area contributed by atoms with E-state index in [-0.39, 0.29) is 12.0 Å². The van der Waals surface area contributed by atoms with Crippen molar-refractivity contribution in [2.75, 3.05) is 28.4 Å². The van der Waals surface area contributed by atoms with E-state index in [2.05, 4.69) is 4.74 Å². The summed E-state index contributed by atoms with van der Waals surface area (Å²) in [4.78, 5) is 11.1. The lowest BCUT2D eigenvalue weighted by Gasteiger charge is -2.17. The summed E-state index contributed by atoms with van der Waals surface area (Å²) in [6.07, 6.45) is 1.41. The number of carbonyl (C=O) groups is 1. The Hall–Kier alpha value is -1.95. The standard InChI is InChI=1S/C15H23NO5/c1-18-12-9-14(20-3)13(19-2)8-10(12)7-11(16)5-6-15(17)21-4/h8-9,11H,5-7,16H2,1-4H3. The van der Waals surface area contributed by atoms with Crippen LogP contribution in [0, 0.1) is 0 Å². The molecule has 2 N–H and O–H groups in total. The minimum atomic E-state index is -0.260. The summed E-state index contributed by atoms with van der Waals surface area (Å²) >= 11 is 0. The SMILES string of the molecule is COC(=O)CCC(N)Cc1cc(OC)c(OC)cc1OC. The van der Waals surface area contributed by atoms with Crippen LogP contribution in [0.4, 0.5) is 0 Å². The van der Waals surface area contributed by atoms with E-state index in [9.17, 15) is 4.79 Å². The third-order valence-electron chi connectivity index (χ3n) is 3.22. The number of carbonyl (C=O) groups excluding carboxylic acids is 1. The molecule has 0 saturated carbocycles. The number of methoxy groups -OCH3 is 4. The topological polar surface area (TPSA) is 80.0 Å². The van der Waals surface area contributed by atoms with Crippen molar-refractivity contribution in [3.63, 3.8) is 0 Å². The maximum absolute atomic E-state index is 11.1. The van der Waals surface area contributed by atoms with E-state index in [1.54, 1.807) is 27.4 Å². The van der Waals surface area contributed by atoms with Gasteiger partial charge in [0.05, 0.1) is 28.4 Å². The van der Waals surface area contributed by atoms with Gasteiger partial charge in [-0.25, -0.2) is 0 Å². The number of hydrogen-bond donors (Lipinski definition) is 1. The monoisotopic (exact) mass is 297 g/mol. The lowest BCUT2D eigenvalue weighted by molar-refractivity contribution is -0.140. The van der Waals surface area contributed by atoms with Crippen LogP contribution in [-0.2, 0) is 16.0 Å². The average molecular weight is 297 g/mol. The zero-order valence-electron chi connectivity index (χ0n) is 13.0. The Morgan fingerprint density at radius 3 is 2.14 bits per heavy atom. The number of hydrogen-bond acceptors (Lipinski definition) is 6. The van der Waals surface area contributed by atoms with Crippen LogP contribution in [0.15, 0.2) is 12.1 Å². The van der Waals surface area contributed by atoms with Crippen LogP contribution in [0.5, 0.6) is 17.2 Å². The molecule has 6 heteroatoms. The Morgan fingerprint density at radius 2 is 1.62 bits per heavy atom. The van der Waals surface area contributed by atoms with E-state index < -0.39 is 0 Å². The minimum absolute atomic E-state index is 0.170. The summed E-state index contributed by atoms with van der Waals surface area (Å²) < 4.78 is 20.5. The van der Waals surface area contributed by atoms with E-state index in [1.165, 1.54) is 7.11 Å². The molecule has 1 aromatic rings. The smallest absolute Gasteiger partial charge is 0.305 e. The fraction of sp³-hybridized carbons (Fsp3) is 0.533. The highest BCUT2D eigenvalue weighted by molar-refractivity contribution is 5.69. The van der Waals surface area contributed by atoms with Gasteiger partial charge in [-0.15, -0.1) is 0 Å². The van der Waals surface area contributed by atoms with Gasteiger partial charge in [0.15, 0.2) is 11.5 Å². The van der Waals surface area contributed by atoms with Crippen LogP contribution in [0.3, 0.4) is 0 Å². The fourth-order valence-corrected chi connectivity index (χ4v) is 2.04. The second-order valence-electron chi connectivity index (χ2n) is 4.60. The Labute approximate surface area is 125 Å². The molecule has 6 nitrogen and oxygen atoms in total. The van der Waals surface area contributed by atoms with Gasteiger partial charge in [-0.2, -0.15) is 0 Å². The predicted molar refractivity (Wildman–Crippen MR) is 79.0 cm³/mol. The zero-order valence-corrected chi connectivity index (χ0v) is 13.0. The van der Waals surface area contributed by atoms with E-state index >= 15 is 0 Å². The molecule has 118 valence electrons. The second-order valence-corrected chi connectivity index (χ2v) is 4.60. The molecule has 0 aliphatic heterocycles. The van der Waals surface area contributed by atoms with Gasteiger partial charge >= 0.3 is 5.97 Å². The first kappa shape index (κ1) is 17.1. The maximum Gasteiger partial charge on any atom is 0.305 e. The summed E-state index contributed by atoms with van der Waals surface area (Å²) in [5, 5.41) is 0. The molecule has 0 aromatic heterocycles. The molecule has 0 aliphatic carbocycles. The first-order chi connectivity index (χ1) is 10.0.